The minimum atomic E-state index is -4.77. The molecule has 0 radical (unpaired) electrons. The Morgan fingerprint density at radius 2 is 1.51 bits per heavy atom. The summed E-state index contributed by atoms with van der Waals surface area (Å²) in [6, 6.07) is 7.60. The highest BCUT2D eigenvalue weighted by Gasteiger charge is 2.51. The third kappa shape index (κ3) is 6.89. The van der Waals surface area contributed by atoms with Gasteiger partial charge in [-0.25, -0.2) is 13.2 Å². The minimum Gasteiger partial charge on any atom is -0.338 e. The van der Waals surface area contributed by atoms with Gasteiger partial charge in [-0.2, -0.15) is 26.3 Å². The smallest absolute Gasteiger partial charge is 0.338 e. The highest BCUT2D eigenvalue weighted by Crippen LogP contribution is 2.57. The van der Waals surface area contributed by atoms with E-state index in [2.05, 4.69) is 20.8 Å². The van der Waals surface area contributed by atoms with Gasteiger partial charge in [-0.3, -0.25) is 4.72 Å². The van der Waals surface area contributed by atoms with Crippen LogP contribution in [0.5, 0.6) is 0 Å². The number of halogens is 6. The Kier molecular flexibility index (Phi) is 8.34. The van der Waals surface area contributed by atoms with Gasteiger partial charge in [0, 0.05) is 36.8 Å². The average Bonchev–Trinajstić information content (AvgIpc) is 3.36. The SMILES string of the molecule is Cn1c(-c2ccccc2C(F)(F)F)nnc1C12CCC(CNC(=O)NCc3ccc(NS(C)(=O)=O)cc3C(F)(F)F)(CC1)CC2. The van der Waals surface area contributed by atoms with Crippen molar-refractivity contribution in [3.05, 3.63) is 65.0 Å². The summed E-state index contributed by atoms with van der Waals surface area (Å²) in [4.78, 5) is 12.6. The van der Waals surface area contributed by atoms with Crippen molar-refractivity contribution in [3.63, 3.8) is 0 Å². The number of hydrogen-bond donors (Lipinski definition) is 3. The lowest BCUT2D eigenvalue weighted by molar-refractivity contribution is -0.138. The molecule has 3 saturated carbocycles. The molecule has 9 nitrogen and oxygen atoms in total. The first-order valence-electron chi connectivity index (χ1n) is 14.2. The number of benzene rings is 2. The van der Waals surface area contributed by atoms with E-state index in [0.29, 0.717) is 37.7 Å². The zero-order valence-electron chi connectivity index (χ0n) is 24.4. The van der Waals surface area contributed by atoms with Crippen LogP contribution >= 0.6 is 0 Å². The molecule has 3 aromatic rings. The van der Waals surface area contributed by atoms with Crippen LogP contribution in [0.15, 0.2) is 42.5 Å². The van der Waals surface area contributed by atoms with Crippen molar-refractivity contribution in [1.82, 2.24) is 25.4 Å². The molecule has 0 unspecified atom stereocenters. The number of carbonyl (C=O) groups excluding carboxylic acids is 1. The number of sulfonamides is 1. The average molecular weight is 659 g/mol. The van der Waals surface area contributed by atoms with Gasteiger partial charge in [0.05, 0.1) is 17.4 Å². The van der Waals surface area contributed by atoms with Gasteiger partial charge in [0.25, 0.3) is 0 Å². The molecule has 2 aromatic carbocycles. The van der Waals surface area contributed by atoms with Gasteiger partial charge in [-0.15, -0.1) is 10.2 Å². The number of rotatable bonds is 8. The van der Waals surface area contributed by atoms with Crippen LogP contribution in [0, 0.1) is 5.41 Å². The van der Waals surface area contributed by atoms with Crippen molar-refractivity contribution in [2.75, 3.05) is 17.5 Å². The second kappa shape index (κ2) is 11.5. The van der Waals surface area contributed by atoms with E-state index < -0.39 is 46.1 Å². The molecule has 0 saturated heterocycles. The fraction of sp³-hybridized carbons (Fsp3) is 0.483. The number of fused-ring (bicyclic) bond motifs is 3. The molecule has 0 atom stereocenters. The van der Waals surface area contributed by atoms with E-state index in [9.17, 15) is 39.6 Å². The van der Waals surface area contributed by atoms with E-state index in [1.165, 1.54) is 24.3 Å². The summed E-state index contributed by atoms with van der Waals surface area (Å²) < 4.78 is 108. The van der Waals surface area contributed by atoms with Crippen molar-refractivity contribution >= 4 is 21.7 Å². The number of nitrogens with zero attached hydrogens (tertiary/aromatic N) is 3. The van der Waals surface area contributed by atoms with Crippen LogP contribution in [0.3, 0.4) is 0 Å². The number of aromatic nitrogens is 3. The molecule has 244 valence electrons. The lowest BCUT2D eigenvalue weighted by Crippen LogP contribution is -2.51. The molecule has 16 heteroatoms. The van der Waals surface area contributed by atoms with Crippen LogP contribution in [0.2, 0.25) is 0 Å². The fourth-order valence-corrected chi connectivity index (χ4v) is 7.15. The maximum atomic E-state index is 13.7. The van der Waals surface area contributed by atoms with Crippen molar-refractivity contribution in [2.45, 2.75) is 62.8 Å². The molecule has 6 rings (SSSR count). The Bertz CT molecular complexity index is 1680. The fourth-order valence-electron chi connectivity index (χ4n) is 6.59. The molecule has 1 aromatic heterocycles. The molecular formula is C29H32F6N6O3S. The number of carbonyl (C=O) groups is 1. The summed E-state index contributed by atoms with van der Waals surface area (Å²) in [6.07, 6.45) is -4.22. The number of amides is 2. The molecule has 3 N–H and O–H groups in total. The maximum absolute atomic E-state index is 13.7. The quantitative estimate of drug-likeness (QED) is 0.258. The van der Waals surface area contributed by atoms with Gasteiger partial charge >= 0.3 is 18.4 Å². The Morgan fingerprint density at radius 1 is 0.889 bits per heavy atom. The molecule has 0 spiro atoms. The largest absolute Gasteiger partial charge is 0.417 e. The van der Waals surface area contributed by atoms with E-state index in [1.54, 1.807) is 11.6 Å². The summed E-state index contributed by atoms with van der Waals surface area (Å²) in [7, 11) is -2.11. The van der Waals surface area contributed by atoms with E-state index in [0.717, 1.165) is 37.7 Å². The van der Waals surface area contributed by atoms with Crippen LogP contribution in [0.25, 0.3) is 11.4 Å². The summed E-state index contributed by atoms with van der Waals surface area (Å²) in [5, 5.41) is 13.8. The lowest BCUT2D eigenvalue weighted by Gasteiger charge is -2.52. The summed E-state index contributed by atoms with van der Waals surface area (Å²) in [5.41, 5.74) is -2.94. The number of alkyl halides is 6. The van der Waals surface area contributed by atoms with Crippen molar-refractivity contribution in [2.24, 2.45) is 12.5 Å². The summed E-state index contributed by atoms with van der Waals surface area (Å²) in [5.74, 6) is 0.773. The second-order valence-electron chi connectivity index (χ2n) is 12.0. The summed E-state index contributed by atoms with van der Waals surface area (Å²) in [6.45, 7) is -0.122. The van der Waals surface area contributed by atoms with Gasteiger partial charge in [0.15, 0.2) is 5.82 Å². The Labute approximate surface area is 255 Å². The molecule has 3 fully saturated rings. The molecule has 1 heterocycles. The number of urea groups is 1. The number of anilines is 1. The third-order valence-electron chi connectivity index (χ3n) is 9.01. The first-order valence-corrected chi connectivity index (χ1v) is 16.1. The highest BCUT2D eigenvalue weighted by molar-refractivity contribution is 7.92. The summed E-state index contributed by atoms with van der Waals surface area (Å²) >= 11 is 0. The topological polar surface area (TPSA) is 118 Å². The Morgan fingerprint density at radius 3 is 2.11 bits per heavy atom. The van der Waals surface area contributed by atoms with Crippen molar-refractivity contribution in [1.29, 1.82) is 0 Å². The first kappa shape index (κ1) is 32.6. The van der Waals surface area contributed by atoms with E-state index >= 15 is 0 Å². The Hall–Kier alpha value is -3.82. The first-order chi connectivity index (χ1) is 20.9. The second-order valence-corrected chi connectivity index (χ2v) is 13.8. The van der Waals surface area contributed by atoms with Crippen LogP contribution in [0.1, 0.15) is 61.0 Å². The lowest BCUT2D eigenvalue weighted by atomic mass is 9.53. The molecule has 3 aliphatic rings. The molecule has 45 heavy (non-hydrogen) atoms. The Balaban J connectivity index is 1.21. The van der Waals surface area contributed by atoms with Gasteiger partial charge in [0.2, 0.25) is 10.0 Å². The van der Waals surface area contributed by atoms with E-state index in [1.807, 2.05) is 4.72 Å². The highest BCUT2D eigenvalue weighted by atomic mass is 32.2. The maximum Gasteiger partial charge on any atom is 0.417 e. The molecule has 3 aliphatic carbocycles. The molecular weight excluding hydrogens is 626 g/mol. The molecule has 0 aliphatic heterocycles. The zero-order chi connectivity index (χ0) is 32.8. The van der Waals surface area contributed by atoms with Crippen LogP contribution in [-0.2, 0) is 41.4 Å². The van der Waals surface area contributed by atoms with Crippen LogP contribution in [0.4, 0.5) is 36.8 Å². The van der Waals surface area contributed by atoms with Crippen LogP contribution < -0.4 is 15.4 Å². The van der Waals surface area contributed by atoms with E-state index in [4.69, 9.17) is 0 Å². The van der Waals surface area contributed by atoms with Crippen molar-refractivity contribution in [3.8, 4) is 11.4 Å². The normalized spacial score (nSPS) is 21.9. The minimum absolute atomic E-state index is 0.0392. The van der Waals surface area contributed by atoms with Gasteiger partial charge in [0.1, 0.15) is 5.82 Å². The third-order valence-corrected chi connectivity index (χ3v) is 9.61. The predicted octanol–water partition coefficient (Wildman–Crippen LogP) is 5.98. The molecule has 2 amide bonds. The number of nitrogens with one attached hydrogen (secondary N) is 3. The van der Waals surface area contributed by atoms with Crippen LogP contribution in [-0.4, -0.2) is 42.0 Å². The zero-order valence-corrected chi connectivity index (χ0v) is 25.3. The van der Waals surface area contributed by atoms with Gasteiger partial charge in [-0.1, -0.05) is 24.3 Å². The monoisotopic (exact) mass is 658 g/mol. The van der Waals surface area contributed by atoms with E-state index in [-0.39, 0.29) is 33.5 Å². The molecule has 2 bridgehead atoms. The van der Waals surface area contributed by atoms with Gasteiger partial charge < -0.3 is 15.2 Å². The standard InChI is InChI=1S/C29H32F6N6O3S/c1-41-23(20-5-3-4-6-21(20)28(30,31)32)38-39-24(41)27-12-9-26(10-13-27,11-14-27)17-37-25(42)36-16-18-7-8-19(40-45(2,43)44)15-22(18)29(33,34)35/h3-8,15,40H,9-14,16-17H2,1-2H3,(H2,36,37,42). The van der Waals surface area contributed by atoms with Crippen molar-refractivity contribution < 1.29 is 39.6 Å². The van der Waals surface area contributed by atoms with Gasteiger partial charge in [-0.05, 0) is 67.7 Å². The predicted molar refractivity (Wildman–Crippen MR) is 153 cm³/mol. The number of hydrogen-bond acceptors (Lipinski definition) is 5.